The van der Waals surface area contributed by atoms with Gasteiger partial charge in [0.1, 0.15) is 12.7 Å². The summed E-state index contributed by atoms with van der Waals surface area (Å²) in [6.45, 7) is 2.24. The van der Waals surface area contributed by atoms with Gasteiger partial charge in [-0.2, -0.15) is 0 Å². The molecule has 318 valence electrons. The van der Waals surface area contributed by atoms with Crippen LogP contribution in [-0.2, 0) is 32.7 Å². The van der Waals surface area contributed by atoms with Gasteiger partial charge in [0, 0.05) is 12.8 Å². The molecule has 0 saturated heterocycles. The minimum atomic E-state index is -4.63. The fourth-order valence-electron chi connectivity index (χ4n) is 5.76. The Hall–Kier alpha value is -1.59. The number of unbranched alkanes of at least 4 members (excludes halogenated alkanes) is 19. The molecule has 0 aromatic heterocycles. The van der Waals surface area contributed by atoms with Crippen molar-refractivity contribution in [2.45, 2.75) is 206 Å². The molecule has 0 aliphatic carbocycles. The van der Waals surface area contributed by atoms with Gasteiger partial charge in [-0.25, -0.2) is 4.57 Å². The van der Waals surface area contributed by atoms with E-state index >= 15 is 0 Å². The van der Waals surface area contributed by atoms with Crippen LogP contribution >= 0.6 is 7.82 Å². The third-order valence-corrected chi connectivity index (χ3v) is 10.1. The minimum Gasteiger partial charge on any atom is -0.462 e. The first kappa shape index (κ1) is 52.4. The van der Waals surface area contributed by atoms with Crippen molar-refractivity contribution in [2.24, 2.45) is 0 Å². The smallest absolute Gasteiger partial charge is 0.462 e. The number of hydrogen-bond acceptors (Lipinski definition) is 10. The highest BCUT2D eigenvalue weighted by Crippen LogP contribution is 2.43. The number of esters is 2. The molecule has 0 aliphatic heterocycles. The Kier molecular flexibility index (Phi) is 37.2. The molecule has 4 unspecified atom stereocenters. The lowest BCUT2D eigenvalue weighted by Crippen LogP contribution is -2.29. The number of allylic oxidation sites excluding steroid dienone is 3. The van der Waals surface area contributed by atoms with Crippen LogP contribution in [0.3, 0.4) is 0 Å². The predicted molar refractivity (Wildman–Crippen MR) is 216 cm³/mol. The van der Waals surface area contributed by atoms with E-state index < -0.39 is 51.8 Å². The van der Waals surface area contributed by atoms with Gasteiger partial charge in [-0.3, -0.25) is 18.6 Å². The highest BCUT2D eigenvalue weighted by atomic mass is 31.2. The predicted octanol–water partition coefficient (Wildman–Crippen LogP) is 9.97. The van der Waals surface area contributed by atoms with E-state index in [9.17, 15) is 29.3 Å². The van der Waals surface area contributed by atoms with E-state index in [0.717, 1.165) is 83.5 Å². The number of carbonyl (C=O) groups excluding carboxylic acids is 2. The number of aliphatic hydroxyl groups is 3. The molecular weight excluding hydrogens is 711 g/mol. The largest absolute Gasteiger partial charge is 0.472 e. The van der Waals surface area contributed by atoms with Crippen LogP contribution in [0.4, 0.5) is 0 Å². The molecule has 0 heterocycles. The minimum absolute atomic E-state index is 0.138. The summed E-state index contributed by atoms with van der Waals surface area (Å²) >= 11 is 0. The van der Waals surface area contributed by atoms with Crippen LogP contribution in [0.15, 0.2) is 24.3 Å². The van der Waals surface area contributed by atoms with Gasteiger partial charge in [-0.05, 0) is 64.2 Å². The van der Waals surface area contributed by atoms with Crippen molar-refractivity contribution in [3.63, 3.8) is 0 Å². The fourth-order valence-corrected chi connectivity index (χ4v) is 6.55. The second kappa shape index (κ2) is 38.3. The number of aliphatic hydroxyl groups excluding tert-OH is 3. The second-order valence-electron chi connectivity index (χ2n) is 14.5. The Labute approximate surface area is 328 Å². The molecule has 0 fully saturated rings. The van der Waals surface area contributed by atoms with Crippen LogP contribution in [0.2, 0.25) is 0 Å². The zero-order valence-corrected chi connectivity index (χ0v) is 34.9. The Morgan fingerprint density at radius 2 is 1.04 bits per heavy atom. The maximum Gasteiger partial charge on any atom is 0.472 e. The van der Waals surface area contributed by atoms with Crippen molar-refractivity contribution < 1.29 is 52.9 Å². The first-order valence-corrected chi connectivity index (χ1v) is 22.9. The summed E-state index contributed by atoms with van der Waals surface area (Å²) in [5.41, 5.74) is 0. The Balaban J connectivity index is 4.37. The highest BCUT2D eigenvalue weighted by molar-refractivity contribution is 7.47. The lowest BCUT2D eigenvalue weighted by atomic mass is 10.0. The van der Waals surface area contributed by atoms with Crippen LogP contribution in [0.25, 0.3) is 0 Å². The molecule has 0 aliphatic rings. The zero-order valence-electron chi connectivity index (χ0n) is 34.1. The molecular formula is C42H79O11P. The van der Waals surface area contributed by atoms with Gasteiger partial charge in [0.15, 0.2) is 6.10 Å². The van der Waals surface area contributed by atoms with E-state index in [0.29, 0.717) is 19.3 Å². The van der Waals surface area contributed by atoms with Gasteiger partial charge in [0.05, 0.1) is 25.9 Å². The fraction of sp³-hybridized carbons (Fsp3) is 0.857. The van der Waals surface area contributed by atoms with Crippen molar-refractivity contribution in [3.05, 3.63) is 24.3 Å². The summed E-state index contributed by atoms with van der Waals surface area (Å²) in [4.78, 5) is 34.9. The molecule has 0 aromatic carbocycles. The third kappa shape index (κ3) is 37.3. The first-order valence-electron chi connectivity index (χ1n) is 21.4. The van der Waals surface area contributed by atoms with Crippen molar-refractivity contribution in [1.29, 1.82) is 0 Å². The van der Waals surface area contributed by atoms with Crippen LogP contribution in [0, 0.1) is 0 Å². The standard InChI is InChI=1S/C42H79O11P/c1-3-5-7-9-11-12-13-14-15-16-17-18-19-24-28-32-41(46)50-36-40(37-52-54(48,49)51-35-39(45)34-43)53-42(47)33-29-25-21-20-23-27-31-38(44)30-26-22-10-8-6-4-2/h14-15,22,26,38-40,43-45H,3-13,16-21,23-25,27-37H2,1-2H3,(H,48,49)/b15-14-,26-22+. The van der Waals surface area contributed by atoms with E-state index in [-0.39, 0.29) is 25.6 Å². The van der Waals surface area contributed by atoms with Crippen molar-refractivity contribution in [2.75, 3.05) is 26.4 Å². The van der Waals surface area contributed by atoms with Crippen LogP contribution in [-0.4, -0.2) is 76.9 Å². The number of hydrogen-bond donors (Lipinski definition) is 4. The molecule has 0 rings (SSSR count). The van der Waals surface area contributed by atoms with E-state index in [4.69, 9.17) is 19.1 Å². The van der Waals surface area contributed by atoms with Gasteiger partial charge in [0.25, 0.3) is 0 Å². The molecule has 4 N–H and O–H groups in total. The highest BCUT2D eigenvalue weighted by Gasteiger charge is 2.27. The molecule has 0 amide bonds. The molecule has 0 radical (unpaired) electrons. The van der Waals surface area contributed by atoms with Crippen molar-refractivity contribution in [3.8, 4) is 0 Å². The number of carbonyl (C=O) groups is 2. The normalized spacial score (nSPS) is 14.7. The summed E-state index contributed by atoms with van der Waals surface area (Å²) in [7, 11) is -4.63. The maximum atomic E-state index is 12.6. The van der Waals surface area contributed by atoms with Crippen molar-refractivity contribution >= 4 is 19.8 Å². The molecule has 54 heavy (non-hydrogen) atoms. The summed E-state index contributed by atoms with van der Waals surface area (Å²) < 4.78 is 32.6. The topological polar surface area (TPSA) is 169 Å². The van der Waals surface area contributed by atoms with Crippen molar-refractivity contribution in [1.82, 2.24) is 0 Å². The number of phosphoric ester groups is 1. The van der Waals surface area contributed by atoms with E-state index in [1.807, 2.05) is 0 Å². The summed E-state index contributed by atoms with van der Waals surface area (Å²) in [6.07, 6.45) is 33.0. The first-order chi connectivity index (χ1) is 26.1. The number of rotatable bonds is 40. The summed E-state index contributed by atoms with van der Waals surface area (Å²) in [5.74, 6) is -0.985. The van der Waals surface area contributed by atoms with E-state index in [2.05, 4.69) is 42.7 Å². The lowest BCUT2D eigenvalue weighted by molar-refractivity contribution is -0.161. The third-order valence-electron chi connectivity index (χ3n) is 9.15. The van der Waals surface area contributed by atoms with Crippen LogP contribution < -0.4 is 0 Å². The van der Waals surface area contributed by atoms with Gasteiger partial charge in [-0.1, -0.05) is 134 Å². The molecule has 0 aromatic rings. The SMILES string of the molecule is CCCCC/C=C/CC(O)CCCCCCCCC(=O)OC(COC(=O)CCCCCCC/C=C\CCCCCCCC)COP(=O)(O)OCC(O)CO. The Morgan fingerprint density at radius 3 is 1.63 bits per heavy atom. The van der Waals surface area contributed by atoms with E-state index in [1.165, 1.54) is 57.8 Å². The molecule has 11 nitrogen and oxygen atoms in total. The maximum absolute atomic E-state index is 12.6. The van der Waals surface area contributed by atoms with Crippen LogP contribution in [0.5, 0.6) is 0 Å². The Morgan fingerprint density at radius 1 is 0.574 bits per heavy atom. The van der Waals surface area contributed by atoms with Gasteiger partial charge in [-0.15, -0.1) is 0 Å². The van der Waals surface area contributed by atoms with E-state index in [1.54, 1.807) is 0 Å². The molecule has 4 atom stereocenters. The molecule has 0 saturated carbocycles. The molecule has 12 heteroatoms. The molecule has 0 spiro atoms. The second-order valence-corrected chi connectivity index (χ2v) is 16.0. The lowest BCUT2D eigenvalue weighted by Gasteiger charge is -2.20. The monoisotopic (exact) mass is 791 g/mol. The number of ether oxygens (including phenoxy) is 2. The quantitative estimate of drug-likeness (QED) is 0.0202. The molecule has 0 bridgehead atoms. The zero-order chi connectivity index (χ0) is 40.0. The Bertz CT molecular complexity index is 974. The summed E-state index contributed by atoms with van der Waals surface area (Å²) in [5, 5.41) is 28.5. The van der Waals surface area contributed by atoms with Gasteiger partial charge in [0.2, 0.25) is 0 Å². The summed E-state index contributed by atoms with van der Waals surface area (Å²) in [6, 6.07) is 0. The number of phosphoric acid groups is 1. The van der Waals surface area contributed by atoms with Crippen LogP contribution in [0.1, 0.15) is 187 Å². The van der Waals surface area contributed by atoms with Gasteiger partial charge < -0.3 is 29.7 Å². The van der Waals surface area contributed by atoms with Gasteiger partial charge >= 0.3 is 19.8 Å². The average Bonchev–Trinajstić information content (AvgIpc) is 3.15. The average molecular weight is 791 g/mol.